The van der Waals surface area contributed by atoms with Gasteiger partial charge in [0.25, 0.3) is 0 Å². The molecule has 0 bridgehead atoms. The zero-order valence-corrected chi connectivity index (χ0v) is 7.61. The van der Waals surface area contributed by atoms with Crippen LogP contribution >= 0.6 is 0 Å². The van der Waals surface area contributed by atoms with Crippen molar-refractivity contribution in [3.05, 3.63) is 35.7 Å². The summed E-state index contributed by atoms with van der Waals surface area (Å²) in [6, 6.07) is 3.92. The van der Waals surface area contributed by atoms with E-state index < -0.39 is 0 Å². The van der Waals surface area contributed by atoms with E-state index in [2.05, 4.69) is 5.10 Å². The Morgan fingerprint density at radius 2 is 2.31 bits per heavy atom. The third-order valence-electron chi connectivity index (χ3n) is 2.06. The highest BCUT2D eigenvalue weighted by Gasteiger charge is 2.07. The normalized spacial score (nSPS) is 10.6. The number of rotatable bonds is 1. The van der Waals surface area contributed by atoms with Crippen molar-refractivity contribution in [2.75, 3.05) is 0 Å². The molecule has 2 aromatic rings. The minimum Gasteiger partial charge on any atom is -0.294 e. The molecule has 0 saturated carbocycles. The smallest absolute Gasteiger partial charge is 0.163 e. The van der Waals surface area contributed by atoms with Gasteiger partial charge >= 0.3 is 0 Å². The molecule has 0 aliphatic carbocycles. The molecule has 0 N–H and O–H groups in total. The first-order valence-electron chi connectivity index (χ1n) is 4.13. The zero-order chi connectivity index (χ0) is 9.42. The van der Waals surface area contributed by atoms with E-state index in [0.717, 1.165) is 11.1 Å². The largest absolute Gasteiger partial charge is 0.294 e. The average molecular weight is 174 g/mol. The predicted octanol–water partition coefficient (Wildman–Crippen LogP) is 1.85. The summed E-state index contributed by atoms with van der Waals surface area (Å²) in [5, 5.41) is 4.08. The molecular weight excluding hydrogens is 164 g/mol. The van der Waals surface area contributed by atoms with Gasteiger partial charge in [-0.1, -0.05) is 0 Å². The Morgan fingerprint density at radius 1 is 1.54 bits per heavy atom. The summed E-state index contributed by atoms with van der Waals surface area (Å²) < 4.78 is 1.71. The van der Waals surface area contributed by atoms with Crippen LogP contribution in [0, 0.1) is 6.92 Å². The number of aryl methyl sites for hydroxylation is 1. The van der Waals surface area contributed by atoms with Gasteiger partial charge < -0.3 is 0 Å². The lowest BCUT2D eigenvalue weighted by Crippen LogP contribution is -1.91. The molecule has 3 heteroatoms. The van der Waals surface area contributed by atoms with E-state index in [-0.39, 0.29) is 5.78 Å². The third kappa shape index (κ3) is 1.22. The van der Waals surface area contributed by atoms with Gasteiger partial charge in [-0.2, -0.15) is 5.10 Å². The van der Waals surface area contributed by atoms with Crippen LogP contribution < -0.4 is 0 Å². The molecule has 0 unspecified atom stereocenters. The first kappa shape index (κ1) is 7.98. The van der Waals surface area contributed by atoms with Crippen LogP contribution in [0.5, 0.6) is 0 Å². The van der Waals surface area contributed by atoms with Crippen molar-refractivity contribution in [1.82, 2.24) is 9.61 Å². The molecule has 2 heterocycles. The average Bonchev–Trinajstić information content (AvgIpc) is 2.46. The van der Waals surface area contributed by atoms with Crippen LogP contribution in [0.4, 0.5) is 0 Å². The van der Waals surface area contributed by atoms with Gasteiger partial charge in [-0.15, -0.1) is 0 Å². The monoisotopic (exact) mass is 174 g/mol. The number of fused-ring (bicyclic) bond motifs is 1. The number of nitrogens with zero attached hydrogens (tertiary/aromatic N) is 2. The van der Waals surface area contributed by atoms with Crippen molar-refractivity contribution < 1.29 is 4.79 Å². The minimum absolute atomic E-state index is 0.0561. The molecule has 0 radical (unpaired) electrons. The number of carbonyl (C=O) groups is 1. The molecule has 3 nitrogen and oxygen atoms in total. The summed E-state index contributed by atoms with van der Waals surface area (Å²) in [7, 11) is 0. The Bertz CT molecular complexity index is 471. The van der Waals surface area contributed by atoms with Gasteiger partial charge in [-0.25, -0.2) is 4.52 Å². The number of aromatic nitrogens is 2. The number of carbonyl (C=O) groups excluding carboxylic acids is 1. The second-order valence-corrected chi connectivity index (χ2v) is 3.15. The van der Waals surface area contributed by atoms with E-state index >= 15 is 0 Å². The first-order valence-corrected chi connectivity index (χ1v) is 4.13. The predicted molar refractivity (Wildman–Crippen MR) is 49.9 cm³/mol. The molecule has 13 heavy (non-hydrogen) atoms. The summed E-state index contributed by atoms with van der Waals surface area (Å²) in [5.74, 6) is 0.0561. The molecule has 0 aliphatic heterocycles. The van der Waals surface area contributed by atoms with Crippen LogP contribution in [0.15, 0.2) is 24.5 Å². The maximum Gasteiger partial charge on any atom is 0.163 e. The van der Waals surface area contributed by atoms with Crippen LogP contribution in [-0.4, -0.2) is 15.4 Å². The molecular formula is C10H10N2O. The van der Waals surface area contributed by atoms with E-state index in [4.69, 9.17) is 0 Å². The van der Waals surface area contributed by atoms with Crippen LogP contribution in [-0.2, 0) is 0 Å². The maximum atomic E-state index is 11.2. The topological polar surface area (TPSA) is 34.4 Å². The second-order valence-electron chi connectivity index (χ2n) is 3.15. The molecule has 0 aliphatic rings. The first-order chi connectivity index (χ1) is 6.18. The van der Waals surface area contributed by atoms with Crippen molar-refractivity contribution in [1.29, 1.82) is 0 Å². The number of hydrogen-bond donors (Lipinski definition) is 0. The fraction of sp³-hybridized carbons (Fsp3) is 0.200. The zero-order valence-electron chi connectivity index (χ0n) is 7.61. The quantitative estimate of drug-likeness (QED) is 0.618. The standard InChI is InChI=1S/C10H10N2O/c1-7-3-4-12-10(5-7)9(6-11-12)8(2)13/h3-6H,1-2H3. The van der Waals surface area contributed by atoms with Gasteiger partial charge in [0.05, 0.1) is 17.3 Å². The van der Waals surface area contributed by atoms with Gasteiger partial charge in [0.15, 0.2) is 5.78 Å². The van der Waals surface area contributed by atoms with Crippen LogP contribution in [0.1, 0.15) is 22.8 Å². The Hall–Kier alpha value is -1.64. The lowest BCUT2D eigenvalue weighted by molar-refractivity contribution is 0.101. The Morgan fingerprint density at radius 3 is 3.00 bits per heavy atom. The van der Waals surface area contributed by atoms with Crippen molar-refractivity contribution >= 4 is 11.3 Å². The summed E-state index contributed by atoms with van der Waals surface area (Å²) in [4.78, 5) is 11.2. The van der Waals surface area contributed by atoms with Crippen LogP contribution in [0.2, 0.25) is 0 Å². The van der Waals surface area contributed by atoms with Gasteiger partial charge in [0.1, 0.15) is 0 Å². The van der Waals surface area contributed by atoms with E-state index in [0.29, 0.717) is 5.56 Å². The SMILES string of the molecule is CC(=O)c1cnn2ccc(C)cc12. The second kappa shape index (κ2) is 2.69. The van der Waals surface area contributed by atoms with E-state index in [9.17, 15) is 4.79 Å². The Balaban J connectivity index is 2.79. The molecule has 0 saturated heterocycles. The van der Waals surface area contributed by atoms with E-state index in [1.807, 2.05) is 25.3 Å². The van der Waals surface area contributed by atoms with Crippen LogP contribution in [0.3, 0.4) is 0 Å². The van der Waals surface area contributed by atoms with Gasteiger partial charge in [0.2, 0.25) is 0 Å². The minimum atomic E-state index is 0.0561. The van der Waals surface area contributed by atoms with Crippen molar-refractivity contribution in [3.8, 4) is 0 Å². The molecule has 0 atom stereocenters. The van der Waals surface area contributed by atoms with Crippen molar-refractivity contribution in [2.24, 2.45) is 0 Å². The third-order valence-corrected chi connectivity index (χ3v) is 2.06. The maximum absolute atomic E-state index is 11.2. The Kier molecular flexibility index (Phi) is 1.65. The summed E-state index contributed by atoms with van der Waals surface area (Å²) >= 11 is 0. The molecule has 0 aromatic carbocycles. The lowest BCUT2D eigenvalue weighted by Gasteiger charge is -1.96. The summed E-state index contributed by atoms with van der Waals surface area (Å²) in [5.41, 5.74) is 2.70. The molecule has 66 valence electrons. The fourth-order valence-corrected chi connectivity index (χ4v) is 1.36. The van der Waals surface area contributed by atoms with Crippen LogP contribution in [0.25, 0.3) is 5.52 Å². The van der Waals surface area contributed by atoms with E-state index in [1.165, 1.54) is 0 Å². The number of hydrogen-bond acceptors (Lipinski definition) is 2. The molecule has 0 spiro atoms. The summed E-state index contributed by atoms with van der Waals surface area (Å²) in [6.07, 6.45) is 3.47. The summed E-state index contributed by atoms with van der Waals surface area (Å²) in [6.45, 7) is 3.55. The highest BCUT2D eigenvalue weighted by molar-refractivity contribution is 6.00. The number of pyridine rings is 1. The van der Waals surface area contributed by atoms with Crippen molar-refractivity contribution in [3.63, 3.8) is 0 Å². The van der Waals surface area contributed by atoms with Gasteiger partial charge in [0, 0.05) is 6.20 Å². The molecule has 0 fully saturated rings. The molecule has 2 rings (SSSR count). The number of Topliss-reactive ketones (excluding diaryl/α,β-unsaturated/α-hetero) is 1. The highest BCUT2D eigenvalue weighted by atomic mass is 16.1. The lowest BCUT2D eigenvalue weighted by atomic mass is 10.2. The van der Waals surface area contributed by atoms with Gasteiger partial charge in [-0.3, -0.25) is 4.79 Å². The van der Waals surface area contributed by atoms with E-state index in [1.54, 1.807) is 17.6 Å². The highest BCUT2D eigenvalue weighted by Crippen LogP contribution is 2.12. The molecule has 2 aromatic heterocycles. The van der Waals surface area contributed by atoms with Crippen molar-refractivity contribution in [2.45, 2.75) is 13.8 Å². The Labute approximate surface area is 76.0 Å². The number of ketones is 1. The van der Waals surface area contributed by atoms with Gasteiger partial charge in [-0.05, 0) is 31.5 Å². The molecule has 0 amide bonds. The fourth-order valence-electron chi connectivity index (χ4n) is 1.36.